The van der Waals surface area contributed by atoms with E-state index < -0.39 is 33.2 Å². The fourth-order valence-electron chi connectivity index (χ4n) is 1.55. The van der Waals surface area contributed by atoms with Gasteiger partial charge in [0, 0.05) is 0 Å². The van der Waals surface area contributed by atoms with Gasteiger partial charge in [0.15, 0.2) is 9.84 Å². The van der Waals surface area contributed by atoms with E-state index in [9.17, 15) is 18.0 Å². The molecule has 1 amide bonds. The fraction of sp³-hybridized carbons (Fsp3) is 0.333. The summed E-state index contributed by atoms with van der Waals surface area (Å²) in [6, 6.07) is 8.70. The predicted octanol–water partition coefficient (Wildman–Crippen LogP) is 0.363. The number of carboxylic acids is 1. The number of hydrogen-bond donors (Lipinski definition) is 2. The quantitative estimate of drug-likeness (QED) is 0.786. The number of nitrogens with one attached hydrogen (secondary N) is 1. The summed E-state index contributed by atoms with van der Waals surface area (Å²) in [5.74, 6) is -4.04. The standard InChI is InChI=1S/C12H15NO5S/c1-9(10-5-3-2-4-6-10)13-11(14)7-19(17,18)8-12(15)16/h2-6,9H,7-8H2,1H3,(H,13,14)(H,15,16). The number of hydrogen-bond acceptors (Lipinski definition) is 4. The lowest BCUT2D eigenvalue weighted by Gasteiger charge is -2.14. The van der Waals surface area contributed by atoms with Crippen LogP contribution < -0.4 is 5.32 Å². The van der Waals surface area contributed by atoms with Gasteiger partial charge in [-0.05, 0) is 12.5 Å². The van der Waals surface area contributed by atoms with Crippen LogP contribution in [0.25, 0.3) is 0 Å². The number of sulfone groups is 1. The summed E-state index contributed by atoms with van der Waals surface area (Å²) >= 11 is 0. The molecule has 2 N–H and O–H groups in total. The second-order valence-corrected chi connectivity index (χ2v) is 6.19. The van der Waals surface area contributed by atoms with E-state index in [0.29, 0.717) is 0 Å². The van der Waals surface area contributed by atoms with Crippen LogP contribution >= 0.6 is 0 Å². The predicted molar refractivity (Wildman–Crippen MR) is 69.3 cm³/mol. The Bertz CT molecular complexity index is 553. The Hall–Kier alpha value is -1.89. The van der Waals surface area contributed by atoms with E-state index in [0.717, 1.165) is 5.56 Å². The van der Waals surface area contributed by atoms with Gasteiger partial charge in [0.2, 0.25) is 5.91 Å². The summed E-state index contributed by atoms with van der Waals surface area (Å²) in [6.07, 6.45) is 0. The van der Waals surface area contributed by atoms with Gasteiger partial charge in [0.25, 0.3) is 0 Å². The van der Waals surface area contributed by atoms with Gasteiger partial charge in [0.05, 0.1) is 6.04 Å². The number of aliphatic carboxylic acids is 1. The summed E-state index contributed by atoms with van der Waals surface area (Å²) in [5, 5.41) is 10.9. The molecule has 1 rings (SSSR count). The Morgan fingerprint density at radius 2 is 1.79 bits per heavy atom. The van der Waals surface area contributed by atoms with Gasteiger partial charge in [0.1, 0.15) is 11.5 Å². The summed E-state index contributed by atoms with van der Waals surface area (Å²) in [7, 11) is -3.92. The molecule has 0 aliphatic rings. The molecular weight excluding hydrogens is 270 g/mol. The summed E-state index contributed by atoms with van der Waals surface area (Å²) in [6.45, 7) is 1.72. The zero-order valence-electron chi connectivity index (χ0n) is 10.4. The van der Waals surface area contributed by atoms with Crippen LogP contribution in [-0.2, 0) is 19.4 Å². The molecule has 0 bridgehead atoms. The lowest BCUT2D eigenvalue weighted by molar-refractivity contribution is -0.134. The third kappa shape index (κ3) is 5.52. The van der Waals surface area contributed by atoms with Crippen molar-refractivity contribution in [3.63, 3.8) is 0 Å². The molecule has 0 radical (unpaired) electrons. The van der Waals surface area contributed by atoms with E-state index in [2.05, 4.69) is 5.32 Å². The first kappa shape index (κ1) is 15.2. The highest BCUT2D eigenvalue weighted by atomic mass is 32.2. The van der Waals surface area contributed by atoms with Crippen molar-refractivity contribution in [2.75, 3.05) is 11.5 Å². The van der Waals surface area contributed by atoms with Crippen molar-refractivity contribution in [1.82, 2.24) is 5.32 Å². The molecule has 0 aliphatic heterocycles. The molecule has 0 aromatic heterocycles. The van der Waals surface area contributed by atoms with Crippen LogP contribution in [-0.4, -0.2) is 36.9 Å². The molecule has 0 fully saturated rings. The Morgan fingerprint density at radius 1 is 1.21 bits per heavy atom. The van der Waals surface area contributed by atoms with E-state index in [1.807, 2.05) is 6.07 Å². The van der Waals surface area contributed by atoms with Crippen molar-refractivity contribution in [2.24, 2.45) is 0 Å². The molecule has 1 atom stereocenters. The van der Waals surface area contributed by atoms with Gasteiger partial charge in [-0.1, -0.05) is 30.3 Å². The molecule has 6 nitrogen and oxygen atoms in total. The minimum absolute atomic E-state index is 0.339. The highest BCUT2D eigenvalue weighted by Gasteiger charge is 2.21. The topological polar surface area (TPSA) is 101 Å². The molecule has 19 heavy (non-hydrogen) atoms. The highest BCUT2D eigenvalue weighted by molar-refractivity contribution is 7.92. The maximum Gasteiger partial charge on any atom is 0.318 e. The van der Waals surface area contributed by atoms with Gasteiger partial charge in [-0.15, -0.1) is 0 Å². The van der Waals surface area contributed by atoms with Crippen LogP contribution in [0.5, 0.6) is 0 Å². The number of carbonyl (C=O) groups is 2. The monoisotopic (exact) mass is 285 g/mol. The van der Waals surface area contributed by atoms with Crippen LogP contribution in [0.1, 0.15) is 18.5 Å². The van der Waals surface area contributed by atoms with Crippen LogP contribution in [0.4, 0.5) is 0 Å². The summed E-state index contributed by atoms with van der Waals surface area (Å²) in [4.78, 5) is 21.9. The third-order valence-corrected chi connectivity index (χ3v) is 3.76. The zero-order valence-corrected chi connectivity index (χ0v) is 11.2. The van der Waals surface area contributed by atoms with Crippen molar-refractivity contribution in [2.45, 2.75) is 13.0 Å². The molecule has 0 aliphatic carbocycles. The SMILES string of the molecule is CC(NC(=O)CS(=O)(=O)CC(=O)O)c1ccccc1. The van der Waals surface area contributed by atoms with Crippen molar-refractivity contribution in [1.29, 1.82) is 0 Å². The summed E-state index contributed by atoms with van der Waals surface area (Å²) in [5.41, 5.74) is 0.839. The second-order valence-electron chi connectivity index (χ2n) is 4.13. The molecule has 0 saturated carbocycles. The van der Waals surface area contributed by atoms with Crippen molar-refractivity contribution < 1.29 is 23.1 Å². The lowest BCUT2D eigenvalue weighted by atomic mass is 10.1. The van der Waals surface area contributed by atoms with E-state index in [4.69, 9.17) is 5.11 Å². The molecule has 1 aromatic rings. The zero-order chi connectivity index (χ0) is 14.5. The molecule has 0 heterocycles. The average molecular weight is 285 g/mol. The maximum absolute atomic E-state index is 11.5. The van der Waals surface area contributed by atoms with Gasteiger partial charge >= 0.3 is 5.97 Å². The Kier molecular flexibility index (Phi) is 5.05. The molecule has 7 heteroatoms. The van der Waals surface area contributed by atoms with E-state index in [1.165, 1.54) is 0 Å². The Morgan fingerprint density at radius 3 is 2.32 bits per heavy atom. The number of benzene rings is 1. The molecule has 104 valence electrons. The molecule has 0 spiro atoms. The molecule has 1 aromatic carbocycles. The summed E-state index contributed by atoms with van der Waals surface area (Å²) < 4.78 is 22.7. The molecular formula is C12H15NO5S. The number of rotatable bonds is 6. The van der Waals surface area contributed by atoms with Crippen LogP contribution in [0.3, 0.4) is 0 Å². The highest BCUT2D eigenvalue weighted by Crippen LogP contribution is 2.10. The minimum atomic E-state index is -3.92. The second kappa shape index (κ2) is 6.33. The van der Waals surface area contributed by atoms with Crippen molar-refractivity contribution >= 4 is 21.7 Å². The maximum atomic E-state index is 11.5. The Labute approximate surface area is 111 Å². The van der Waals surface area contributed by atoms with Crippen LogP contribution in [0.15, 0.2) is 30.3 Å². The Balaban J connectivity index is 2.59. The normalized spacial score (nSPS) is 12.7. The number of carboxylic acid groups (broad SMARTS) is 1. The number of amides is 1. The lowest BCUT2D eigenvalue weighted by Crippen LogP contribution is -2.34. The van der Waals surface area contributed by atoms with Gasteiger partial charge in [-0.3, -0.25) is 9.59 Å². The third-order valence-electron chi connectivity index (χ3n) is 2.37. The van der Waals surface area contributed by atoms with E-state index >= 15 is 0 Å². The first-order valence-electron chi connectivity index (χ1n) is 5.57. The van der Waals surface area contributed by atoms with Gasteiger partial charge in [-0.2, -0.15) is 0 Å². The minimum Gasteiger partial charge on any atom is -0.480 e. The largest absolute Gasteiger partial charge is 0.480 e. The van der Waals surface area contributed by atoms with E-state index in [1.54, 1.807) is 31.2 Å². The van der Waals surface area contributed by atoms with Crippen LogP contribution in [0, 0.1) is 0 Å². The first-order valence-corrected chi connectivity index (χ1v) is 7.39. The smallest absolute Gasteiger partial charge is 0.318 e. The van der Waals surface area contributed by atoms with Crippen LogP contribution in [0.2, 0.25) is 0 Å². The number of carbonyl (C=O) groups excluding carboxylic acids is 1. The fourth-order valence-corrected chi connectivity index (χ4v) is 2.51. The van der Waals surface area contributed by atoms with Crippen molar-refractivity contribution in [3.8, 4) is 0 Å². The average Bonchev–Trinajstić information content (AvgIpc) is 2.27. The molecule has 0 saturated heterocycles. The van der Waals surface area contributed by atoms with E-state index in [-0.39, 0.29) is 6.04 Å². The first-order chi connectivity index (χ1) is 8.80. The molecule has 1 unspecified atom stereocenters. The van der Waals surface area contributed by atoms with Gasteiger partial charge < -0.3 is 10.4 Å². The van der Waals surface area contributed by atoms with Gasteiger partial charge in [-0.25, -0.2) is 8.42 Å². The van der Waals surface area contributed by atoms with Crippen molar-refractivity contribution in [3.05, 3.63) is 35.9 Å².